The van der Waals surface area contributed by atoms with Gasteiger partial charge in [-0.05, 0) is 31.0 Å². The van der Waals surface area contributed by atoms with Gasteiger partial charge in [-0.3, -0.25) is 4.79 Å². The summed E-state index contributed by atoms with van der Waals surface area (Å²) < 4.78 is 21.0. The molecular weight excluding hydrogens is 273 g/mol. The van der Waals surface area contributed by atoms with Gasteiger partial charge >= 0.3 is 0 Å². The summed E-state index contributed by atoms with van der Waals surface area (Å²) in [6.45, 7) is 2.13. The van der Waals surface area contributed by atoms with Gasteiger partial charge in [-0.25, -0.2) is 4.39 Å². The van der Waals surface area contributed by atoms with E-state index in [9.17, 15) is 9.18 Å². The average molecular weight is 293 g/mol. The van der Waals surface area contributed by atoms with Crippen molar-refractivity contribution in [1.29, 1.82) is 0 Å². The lowest BCUT2D eigenvalue weighted by Crippen LogP contribution is -2.40. The summed E-state index contributed by atoms with van der Waals surface area (Å²) in [5.74, 6) is -0.305. The quantitative estimate of drug-likeness (QED) is 0.907. The first kappa shape index (κ1) is 15.3. The molecule has 0 fully saturated rings. The molecule has 1 atom stereocenters. The Labute approximate surface area is 123 Å². The van der Waals surface area contributed by atoms with Gasteiger partial charge in [0.15, 0.2) is 11.6 Å². The number of hydrogen-bond acceptors (Lipinski definition) is 3. The topological polar surface area (TPSA) is 60.0 Å². The lowest BCUT2D eigenvalue weighted by molar-refractivity contribution is -0.130. The van der Waals surface area contributed by atoms with Crippen molar-refractivity contribution in [3.05, 3.63) is 35.9 Å². The smallest absolute Gasteiger partial charge is 0.238 e. The average Bonchev–Trinajstić information content (AvgIpc) is 2.88. The number of amides is 1. The molecule has 1 amide bonds. The molecule has 0 aromatic carbocycles. The monoisotopic (exact) mass is 293 g/mol. The number of ether oxygens (including phenoxy) is 1. The first-order valence-electron chi connectivity index (χ1n) is 6.78. The second kappa shape index (κ2) is 6.13. The number of nitrogens with zero attached hydrogens (tertiary/aromatic N) is 2. The lowest BCUT2D eigenvalue weighted by Gasteiger charge is -2.19. The predicted molar refractivity (Wildman–Crippen MR) is 78.9 cm³/mol. The minimum Gasteiger partial charge on any atom is -0.494 e. The third kappa shape index (κ3) is 3.00. The van der Waals surface area contributed by atoms with Gasteiger partial charge in [0.25, 0.3) is 0 Å². The number of hydrogen-bond donors (Lipinski definition) is 1. The predicted octanol–water partition coefficient (Wildman–Crippen LogP) is 1.44. The van der Waals surface area contributed by atoms with Crippen LogP contribution in [0.25, 0.3) is 5.52 Å². The van der Waals surface area contributed by atoms with Crippen LogP contribution in [0.5, 0.6) is 5.75 Å². The van der Waals surface area contributed by atoms with Crippen molar-refractivity contribution in [3.63, 3.8) is 0 Å². The highest BCUT2D eigenvalue weighted by Gasteiger charge is 2.16. The van der Waals surface area contributed by atoms with Gasteiger partial charge in [-0.2, -0.15) is 0 Å². The molecule has 2 N–H and O–H groups in total. The number of carbonyl (C=O) groups is 1. The van der Waals surface area contributed by atoms with Crippen LogP contribution in [0.15, 0.2) is 24.5 Å². The molecule has 0 saturated carbocycles. The molecule has 0 aliphatic heterocycles. The van der Waals surface area contributed by atoms with Crippen LogP contribution in [-0.2, 0) is 11.2 Å². The molecule has 0 bridgehead atoms. The molecule has 0 radical (unpaired) electrons. The van der Waals surface area contributed by atoms with E-state index >= 15 is 0 Å². The Morgan fingerprint density at radius 3 is 2.76 bits per heavy atom. The summed E-state index contributed by atoms with van der Waals surface area (Å²) in [4.78, 5) is 13.3. The summed E-state index contributed by atoms with van der Waals surface area (Å²) >= 11 is 0. The fourth-order valence-corrected chi connectivity index (χ4v) is 2.31. The highest BCUT2D eigenvalue weighted by Crippen LogP contribution is 2.25. The van der Waals surface area contributed by atoms with Crippen molar-refractivity contribution in [2.75, 3.05) is 20.7 Å². The highest BCUT2D eigenvalue weighted by molar-refractivity contribution is 5.80. The molecule has 2 heterocycles. The lowest BCUT2D eigenvalue weighted by atomic mass is 10.1. The molecule has 5 nitrogen and oxygen atoms in total. The summed E-state index contributed by atoms with van der Waals surface area (Å²) in [6.07, 6.45) is 4.09. The van der Waals surface area contributed by atoms with E-state index in [1.807, 2.05) is 6.07 Å². The third-order valence-electron chi connectivity index (χ3n) is 3.51. The highest BCUT2D eigenvalue weighted by atomic mass is 19.1. The van der Waals surface area contributed by atoms with Crippen molar-refractivity contribution in [2.45, 2.75) is 19.4 Å². The first-order valence-corrected chi connectivity index (χ1v) is 6.78. The maximum absolute atomic E-state index is 14.3. The number of carbonyl (C=O) groups excluding carboxylic acids is 1. The van der Waals surface area contributed by atoms with Crippen molar-refractivity contribution in [2.24, 2.45) is 5.73 Å². The van der Waals surface area contributed by atoms with Crippen molar-refractivity contribution in [1.82, 2.24) is 9.30 Å². The molecule has 0 aliphatic carbocycles. The van der Waals surface area contributed by atoms with Crippen LogP contribution in [0.2, 0.25) is 0 Å². The number of fused-ring (bicyclic) bond motifs is 1. The van der Waals surface area contributed by atoms with Gasteiger partial charge in [0, 0.05) is 26.0 Å². The van der Waals surface area contributed by atoms with Gasteiger partial charge in [-0.15, -0.1) is 0 Å². The summed E-state index contributed by atoms with van der Waals surface area (Å²) in [7, 11) is 3.13. The number of nitrogens with two attached hydrogens (primary N) is 1. The zero-order valence-electron chi connectivity index (χ0n) is 12.5. The van der Waals surface area contributed by atoms with Gasteiger partial charge in [0.05, 0.1) is 18.7 Å². The standard InChI is InChI=1S/C15H20FN3O2/c1-10(17)15(20)18(2)7-4-11-5-8-19-9-6-12(21-3)13(16)14(11)19/h5-6,8-10H,4,7,17H2,1-3H3/t10-/m0/s1. The van der Waals surface area contributed by atoms with Crippen molar-refractivity contribution < 1.29 is 13.9 Å². The Morgan fingerprint density at radius 1 is 1.48 bits per heavy atom. The molecule has 2 rings (SSSR count). The zero-order chi connectivity index (χ0) is 15.6. The normalized spacial score (nSPS) is 12.4. The van der Waals surface area contributed by atoms with Gasteiger partial charge in [-0.1, -0.05) is 0 Å². The second-order valence-corrected chi connectivity index (χ2v) is 5.09. The van der Waals surface area contributed by atoms with Crippen LogP contribution in [0.4, 0.5) is 4.39 Å². The number of rotatable bonds is 5. The largest absolute Gasteiger partial charge is 0.494 e. The second-order valence-electron chi connectivity index (χ2n) is 5.09. The van der Waals surface area contributed by atoms with Crippen molar-refractivity contribution >= 4 is 11.4 Å². The van der Waals surface area contributed by atoms with E-state index in [-0.39, 0.29) is 17.5 Å². The van der Waals surface area contributed by atoms with Crippen LogP contribution in [0.1, 0.15) is 12.5 Å². The number of methoxy groups -OCH3 is 1. The van der Waals surface area contributed by atoms with Gasteiger partial charge in [0.2, 0.25) is 5.91 Å². The molecule has 21 heavy (non-hydrogen) atoms. The van der Waals surface area contributed by atoms with E-state index in [4.69, 9.17) is 10.5 Å². The van der Waals surface area contributed by atoms with E-state index < -0.39 is 6.04 Å². The Morgan fingerprint density at radius 2 is 2.14 bits per heavy atom. The molecule has 0 saturated heterocycles. The number of likely N-dealkylation sites (N-methyl/N-ethyl adjacent to an activating group) is 1. The molecule has 2 aromatic heterocycles. The Bertz CT molecular complexity index is 652. The minimum atomic E-state index is -0.530. The first-order chi connectivity index (χ1) is 9.95. The van der Waals surface area contributed by atoms with E-state index in [1.165, 1.54) is 7.11 Å². The third-order valence-corrected chi connectivity index (χ3v) is 3.51. The molecule has 2 aromatic rings. The van der Waals surface area contributed by atoms with Crippen LogP contribution in [0, 0.1) is 5.82 Å². The number of halogens is 1. The zero-order valence-corrected chi connectivity index (χ0v) is 12.5. The summed E-state index contributed by atoms with van der Waals surface area (Å²) in [6, 6.07) is 2.90. The maximum atomic E-state index is 14.3. The van der Waals surface area contributed by atoms with Crippen LogP contribution in [-0.4, -0.2) is 42.0 Å². The van der Waals surface area contributed by atoms with Crippen LogP contribution >= 0.6 is 0 Å². The van der Waals surface area contributed by atoms with Crippen LogP contribution < -0.4 is 10.5 Å². The van der Waals surface area contributed by atoms with E-state index in [2.05, 4.69) is 0 Å². The molecule has 114 valence electrons. The Hall–Kier alpha value is -2.08. The van der Waals surface area contributed by atoms with E-state index in [0.717, 1.165) is 5.56 Å². The van der Waals surface area contributed by atoms with Gasteiger partial charge < -0.3 is 19.8 Å². The fourth-order valence-electron chi connectivity index (χ4n) is 2.31. The fraction of sp³-hybridized carbons (Fsp3) is 0.400. The number of aromatic nitrogens is 1. The molecular formula is C15H20FN3O2. The molecule has 0 aliphatic rings. The summed E-state index contributed by atoms with van der Waals surface area (Å²) in [5.41, 5.74) is 6.88. The molecule has 0 spiro atoms. The van der Waals surface area contributed by atoms with Crippen molar-refractivity contribution in [3.8, 4) is 5.75 Å². The Balaban J connectivity index is 2.21. The van der Waals surface area contributed by atoms with Gasteiger partial charge in [0.1, 0.15) is 0 Å². The molecule has 0 unspecified atom stereocenters. The maximum Gasteiger partial charge on any atom is 0.238 e. The van der Waals surface area contributed by atoms with E-state index in [0.29, 0.717) is 18.5 Å². The summed E-state index contributed by atoms with van der Waals surface area (Å²) in [5, 5.41) is 0. The Kier molecular flexibility index (Phi) is 4.47. The SMILES string of the molecule is COc1ccn2ccc(CCN(C)C(=O)[C@H](C)N)c2c1F. The number of pyridine rings is 1. The molecule has 6 heteroatoms. The van der Waals surface area contributed by atoms with Crippen LogP contribution in [0.3, 0.4) is 0 Å². The minimum absolute atomic E-state index is 0.128. The van der Waals surface area contributed by atoms with E-state index in [1.54, 1.807) is 41.7 Å².